The Morgan fingerprint density at radius 2 is 2.06 bits per heavy atom. The van der Waals surface area contributed by atoms with Crippen molar-refractivity contribution in [3.8, 4) is 0 Å². The highest BCUT2D eigenvalue weighted by molar-refractivity contribution is 5.36. The van der Waals surface area contributed by atoms with Crippen molar-refractivity contribution in [2.45, 2.75) is 6.42 Å². The Balaban J connectivity index is 1.99. The fourth-order valence-corrected chi connectivity index (χ4v) is 1.39. The highest BCUT2D eigenvalue weighted by Gasteiger charge is 2.11. The van der Waals surface area contributed by atoms with Gasteiger partial charge in [-0.1, -0.05) is 0 Å². The Kier molecular flexibility index (Phi) is 3.45. The number of nitrogens with zero attached hydrogens (tertiary/aromatic N) is 4. The summed E-state index contributed by atoms with van der Waals surface area (Å²) in [6.07, 6.45) is 1.99. The molecule has 0 spiro atoms. The maximum absolute atomic E-state index is 13.2. The van der Waals surface area contributed by atoms with Crippen LogP contribution in [0.2, 0.25) is 0 Å². The Bertz CT molecular complexity index is 554. The number of anilines is 1. The highest BCUT2D eigenvalue weighted by Crippen LogP contribution is 2.14. The summed E-state index contributed by atoms with van der Waals surface area (Å²) in [7, 11) is 1.77. The zero-order chi connectivity index (χ0) is 13.1. The molecule has 0 fully saturated rings. The third-order valence-corrected chi connectivity index (χ3v) is 2.33. The van der Waals surface area contributed by atoms with E-state index in [4.69, 9.17) is 0 Å². The summed E-state index contributed by atoms with van der Waals surface area (Å²) in [5.74, 6) is -3.22. The fourth-order valence-electron chi connectivity index (χ4n) is 1.39. The van der Waals surface area contributed by atoms with Gasteiger partial charge in [0.2, 0.25) is 0 Å². The van der Waals surface area contributed by atoms with Gasteiger partial charge in [-0.15, -0.1) is 10.2 Å². The first-order chi connectivity index (χ1) is 8.58. The molecule has 18 heavy (non-hydrogen) atoms. The Morgan fingerprint density at radius 3 is 2.72 bits per heavy atom. The highest BCUT2D eigenvalue weighted by atomic mass is 19.2. The van der Waals surface area contributed by atoms with E-state index in [1.165, 1.54) is 6.33 Å². The summed E-state index contributed by atoms with van der Waals surface area (Å²) in [6.45, 7) is 0.279. The van der Waals surface area contributed by atoms with E-state index in [2.05, 4.69) is 20.5 Å². The van der Waals surface area contributed by atoms with Crippen LogP contribution >= 0.6 is 0 Å². The normalized spacial score (nSPS) is 10.7. The van der Waals surface area contributed by atoms with Crippen LogP contribution in [0.15, 0.2) is 12.4 Å². The van der Waals surface area contributed by atoms with Crippen LogP contribution in [0.25, 0.3) is 0 Å². The van der Waals surface area contributed by atoms with Crippen molar-refractivity contribution in [1.29, 1.82) is 0 Å². The molecule has 0 saturated carbocycles. The van der Waals surface area contributed by atoms with Crippen LogP contribution in [-0.2, 0) is 13.5 Å². The van der Waals surface area contributed by atoms with E-state index >= 15 is 0 Å². The summed E-state index contributed by atoms with van der Waals surface area (Å²) in [6, 6.07) is 0.451. The molecule has 0 radical (unpaired) electrons. The smallest absolute Gasteiger partial charge is 0.251 e. The van der Waals surface area contributed by atoms with E-state index in [0.717, 1.165) is 0 Å². The van der Waals surface area contributed by atoms with Crippen LogP contribution < -0.4 is 5.32 Å². The summed E-state index contributed by atoms with van der Waals surface area (Å²) < 4.78 is 40.4. The second-order valence-corrected chi connectivity index (χ2v) is 3.63. The average molecular weight is 257 g/mol. The second kappa shape index (κ2) is 5.03. The largest absolute Gasteiger partial charge is 0.367 e. The Hall–Kier alpha value is -2.12. The van der Waals surface area contributed by atoms with Gasteiger partial charge in [0.15, 0.2) is 17.5 Å². The number of hydrogen-bond acceptors (Lipinski definition) is 4. The topological polar surface area (TPSA) is 55.6 Å². The van der Waals surface area contributed by atoms with Gasteiger partial charge in [-0.3, -0.25) is 0 Å². The SMILES string of the molecule is Cn1cnnc1CCNc1nc(F)c(F)cc1F. The van der Waals surface area contributed by atoms with Gasteiger partial charge in [0.1, 0.15) is 12.2 Å². The minimum absolute atomic E-state index is 0.279. The van der Waals surface area contributed by atoms with Crippen molar-refractivity contribution in [2.24, 2.45) is 7.05 Å². The molecule has 5 nitrogen and oxygen atoms in total. The molecule has 0 unspecified atom stereocenters. The van der Waals surface area contributed by atoms with Gasteiger partial charge in [-0.2, -0.15) is 9.37 Å². The third kappa shape index (κ3) is 2.58. The maximum Gasteiger partial charge on any atom is 0.251 e. The van der Waals surface area contributed by atoms with Crippen molar-refractivity contribution in [2.75, 3.05) is 11.9 Å². The van der Waals surface area contributed by atoms with Crippen molar-refractivity contribution in [3.05, 3.63) is 35.8 Å². The predicted octanol–water partition coefficient (Wildman–Crippen LogP) is 1.28. The molecular weight excluding hydrogens is 247 g/mol. The quantitative estimate of drug-likeness (QED) is 0.838. The first-order valence-electron chi connectivity index (χ1n) is 5.16. The van der Waals surface area contributed by atoms with Crippen LogP contribution in [0.5, 0.6) is 0 Å². The summed E-state index contributed by atoms with van der Waals surface area (Å²) in [4.78, 5) is 3.14. The molecule has 0 aliphatic carbocycles. The third-order valence-electron chi connectivity index (χ3n) is 2.33. The van der Waals surface area contributed by atoms with Crippen LogP contribution in [0.1, 0.15) is 5.82 Å². The lowest BCUT2D eigenvalue weighted by Crippen LogP contribution is -2.11. The Morgan fingerprint density at radius 1 is 1.28 bits per heavy atom. The molecule has 0 atom stereocenters. The van der Waals surface area contributed by atoms with Crippen LogP contribution in [0.3, 0.4) is 0 Å². The molecular formula is C10H10F3N5. The van der Waals surface area contributed by atoms with Crippen LogP contribution in [-0.4, -0.2) is 26.3 Å². The predicted molar refractivity (Wildman–Crippen MR) is 57.3 cm³/mol. The van der Waals surface area contributed by atoms with E-state index in [9.17, 15) is 13.2 Å². The number of aryl methyl sites for hydroxylation is 1. The van der Waals surface area contributed by atoms with E-state index in [0.29, 0.717) is 18.3 Å². The molecule has 0 aromatic carbocycles. The van der Waals surface area contributed by atoms with Gasteiger partial charge in [-0.25, -0.2) is 8.78 Å². The molecule has 0 bridgehead atoms. The molecule has 8 heteroatoms. The lowest BCUT2D eigenvalue weighted by Gasteiger charge is -2.06. The van der Waals surface area contributed by atoms with Gasteiger partial charge in [0.05, 0.1) is 0 Å². The minimum atomic E-state index is -1.34. The molecule has 2 rings (SSSR count). The molecule has 2 aromatic rings. The zero-order valence-corrected chi connectivity index (χ0v) is 9.49. The molecule has 0 saturated heterocycles. The van der Waals surface area contributed by atoms with Crippen molar-refractivity contribution in [3.63, 3.8) is 0 Å². The lowest BCUT2D eigenvalue weighted by atomic mass is 10.3. The number of hydrogen-bond donors (Lipinski definition) is 1. The fraction of sp³-hybridized carbons (Fsp3) is 0.300. The monoisotopic (exact) mass is 257 g/mol. The second-order valence-electron chi connectivity index (χ2n) is 3.63. The molecule has 0 aliphatic heterocycles. The zero-order valence-electron chi connectivity index (χ0n) is 9.49. The van der Waals surface area contributed by atoms with Gasteiger partial charge < -0.3 is 9.88 Å². The molecule has 0 amide bonds. The van der Waals surface area contributed by atoms with Gasteiger partial charge in [-0.05, 0) is 0 Å². The van der Waals surface area contributed by atoms with E-state index in [-0.39, 0.29) is 12.4 Å². The number of rotatable bonds is 4. The average Bonchev–Trinajstić information content (AvgIpc) is 2.72. The number of nitrogens with one attached hydrogen (secondary N) is 1. The Labute approximate surface area is 101 Å². The molecule has 1 N–H and O–H groups in total. The summed E-state index contributed by atoms with van der Waals surface area (Å²) >= 11 is 0. The first-order valence-corrected chi connectivity index (χ1v) is 5.16. The first kappa shape index (κ1) is 12.3. The van der Waals surface area contributed by atoms with Gasteiger partial charge in [0.25, 0.3) is 5.95 Å². The number of pyridine rings is 1. The van der Waals surface area contributed by atoms with Crippen molar-refractivity contribution >= 4 is 5.82 Å². The standard InChI is InChI=1S/C10H10F3N5/c1-18-5-15-17-8(18)2-3-14-10-7(12)4-6(11)9(13)16-10/h4-5H,2-3H2,1H3,(H,14,16). The van der Waals surface area contributed by atoms with Crippen molar-refractivity contribution in [1.82, 2.24) is 19.7 Å². The van der Waals surface area contributed by atoms with E-state index in [1.54, 1.807) is 11.6 Å². The summed E-state index contributed by atoms with van der Waals surface area (Å²) in [5, 5.41) is 10.1. The number of halogens is 3. The summed E-state index contributed by atoms with van der Waals surface area (Å²) in [5.41, 5.74) is 0. The molecule has 2 aromatic heterocycles. The molecule has 96 valence electrons. The van der Waals surface area contributed by atoms with Gasteiger partial charge >= 0.3 is 0 Å². The lowest BCUT2D eigenvalue weighted by molar-refractivity contribution is 0.466. The van der Waals surface area contributed by atoms with Crippen molar-refractivity contribution < 1.29 is 13.2 Å². The number of aromatic nitrogens is 4. The van der Waals surface area contributed by atoms with E-state index in [1.807, 2.05) is 0 Å². The molecule has 2 heterocycles. The van der Waals surface area contributed by atoms with Crippen LogP contribution in [0, 0.1) is 17.6 Å². The minimum Gasteiger partial charge on any atom is -0.367 e. The van der Waals surface area contributed by atoms with Gasteiger partial charge in [0, 0.05) is 26.1 Å². The maximum atomic E-state index is 13.2. The van der Waals surface area contributed by atoms with Crippen LogP contribution in [0.4, 0.5) is 19.0 Å². The molecule has 0 aliphatic rings. The van der Waals surface area contributed by atoms with E-state index < -0.39 is 17.6 Å².